The quantitative estimate of drug-likeness (QED) is 0.262. The van der Waals surface area contributed by atoms with Crippen LogP contribution < -0.4 is 0 Å². The summed E-state index contributed by atoms with van der Waals surface area (Å²) in [5, 5.41) is 0. The summed E-state index contributed by atoms with van der Waals surface area (Å²) in [5.74, 6) is -0.430. The van der Waals surface area contributed by atoms with Crippen molar-refractivity contribution in [3.8, 4) is 0 Å². The molecule has 1 atom stereocenters. The van der Waals surface area contributed by atoms with E-state index >= 15 is 0 Å². The highest BCUT2D eigenvalue weighted by Gasteiger charge is 2.15. The lowest BCUT2D eigenvalue weighted by Crippen LogP contribution is -2.30. The lowest BCUT2D eigenvalue weighted by Gasteiger charge is -2.19. The number of methoxy groups -OCH3 is 2. The van der Waals surface area contributed by atoms with Crippen LogP contribution >= 0.6 is 0 Å². The molecule has 0 spiro atoms. The number of ether oxygens (including phenoxy) is 7. The molecule has 0 saturated carbocycles. The van der Waals surface area contributed by atoms with Gasteiger partial charge in [-0.1, -0.05) is 13.8 Å². The van der Waals surface area contributed by atoms with Crippen LogP contribution in [0, 0.1) is 5.92 Å². The van der Waals surface area contributed by atoms with E-state index in [1.165, 1.54) is 0 Å². The maximum Gasteiger partial charge on any atom is 0.308 e. The molecule has 8 heteroatoms. The van der Waals surface area contributed by atoms with Crippen molar-refractivity contribution in [2.75, 3.05) is 80.3 Å². The van der Waals surface area contributed by atoms with Gasteiger partial charge in [-0.3, -0.25) is 4.79 Å². The number of esters is 1. The first-order chi connectivity index (χ1) is 12.1. The van der Waals surface area contributed by atoms with Crippen molar-refractivity contribution < 1.29 is 38.0 Å². The Morgan fingerprint density at radius 3 is 1.80 bits per heavy atom. The standard InChI is InChI=1S/C17H34O8/c1-15(2)17(18)25-14-16(24-12-11-22-8-6-20-4)13-23-10-9-21-7-5-19-3/h15-16H,5-14H2,1-4H3/t16-/m1/s1. The van der Waals surface area contributed by atoms with Crippen molar-refractivity contribution in [3.63, 3.8) is 0 Å². The van der Waals surface area contributed by atoms with E-state index in [1.54, 1.807) is 28.1 Å². The minimum absolute atomic E-state index is 0.152. The summed E-state index contributed by atoms with van der Waals surface area (Å²) in [6, 6.07) is 0. The van der Waals surface area contributed by atoms with Crippen LogP contribution in [0.5, 0.6) is 0 Å². The average Bonchev–Trinajstić information content (AvgIpc) is 2.60. The summed E-state index contributed by atoms with van der Waals surface area (Å²) in [4.78, 5) is 11.6. The Morgan fingerprint density at radius 1 is 0.720 bits per heavy atom. The van der Waals surface area contributed by atoms with E-state index in [0.717, 1.165) is 0 Å². The molecule has 0 aliphatic carbocycles. The molecule has 0 aromatic carbocycles. The first kappa shape index (κ1) is 24.2. The zero-order chi connectivity index (χ0) is 18.8. The number of hydrogen-bond acceptors (Lipinski definition) is 8. The zero-order valence-corrected chi connectivity index (χ0v) is 16.0. The molecule has 8 nitrogen and oxygen atoms in total. The molecule has 0 aromatic rings. The molecular weight excluding hydrogens is 332 g/mol. The highest BCUT2D eigenvalue weighted by molar-refractivity contribution is 5.71. The third-order valence-electron chi connectivity index (χ3n) is 3.00. The van der Waals surface area contributed by atoms with Gasteiger partial charge in [0.1, 0.15) is 12.7 Å². The summed E-state index contributed by atoms with van der Waals surface area (Å²) in [7, 11) is 3.24. The van der Waals surface area contributed by atoms with E-state index in [2.05, 4.69) is 0 Å². The first-order valence-electron chi connectivity index (χ1n) is 8.61. The summed E-state index contributed by atoms with van der Waals surface area (Å²) in [6.07, 6.45) is -0.340. The van der Waals surface area contributed by atoms with Crippen molar-refractivity contribution >= 4 is 5.97 Å². The molecule has 0 aromatic heterocycles. The molecule has 25 heavy (non-hydrogen) atoms. The lowest BCUT2D eigenvalue weighted by molar-refractivity contribution is -0.154. The van der Waals surface area contributed by atoms with Crippen LogP contribution in [-0.4, -0.2) is 92.4 Å². The molecule has 0 amide bonds. The van der Waals surface area contributed by atoms with Crippen molar-refractivity contribution in [1.29, 1.82) is 0 Å². The van der Waals surface area contributed by atoms with Gasteiger partial charge in [0.2, 0.25) is 0 Å². The molecular formula is C17H34O8. The van der Waals surface area contributed by atoms with Gasteiger partial charge in [-0.05, 0) is 0 Å². The maximum atomic E-state index is 11.6. The Hall–Kier alpha value is -0.770. The summed E-state index contributed by atoms with van der Waals surface area (Å²) in [6.45, 7) is 7.93. The fraction of sp³-hybridized carbons (Fsp3) is 0.941. The first-order valence-corrected chi connectivity index (χ1v) is 8.61. The van der Waals surface area contributed by atoms with Crippen LogP contribution in [-0.2, 0) is 38.0 Å². The summed E-state index contributed by atoms with van der Waals surface area (Å²) in [5.41, 5.74) is 0. The molecule has 0 fully saturated rings. The van der Waals surface area contributed by atoms with Crippen LogP contribution in [0.1, 0.15) is 13.8 Å². The highest BCUT2D eigenvalue weighted by Crippen LogP contribution is 2.01. The second-order valence-electron chi connectivity index (χ2n) is 5.56. The Morgan fingerprint density at radius 2 is 1.24 bits per heavy atom. The van der Waals surface area contributed by atoms with E-state index in [-0.39, 0.29) is 24.6 Å². The van der Waals surface area contributed by atoms with Gasteiger partial charge in [0.25, 0.3) is 0 Å². The smallest absolute Gasteiger partial charge is 0.308 e. The van der Waals surface area contributed by atoms with Crippen LogP contribution in [0.4, 0.5) is 0 Å². The van der Waals surface area contributed by atoms with Gasteiger partial charge in [0, 0.05) is 14.2 Å². The minimum atomic E-state index is -0.340. The van der Waals surface area contributed by atoms with Crippen molar-refractivity contribution in [2.45, 2.75) is 20.0 Å². The van der Waals surface area contributed by atoms with Crippen LogP contribution in [0.25, 0.3) is 0 Å². The Balaban J connectivity index is 3.92. The second-order valence-corrected chi connectivity index (χ2v) is 5.56. The average molecular weight is 366 g/mol. The van der Waals surface area contributed by atoms with Crippen molar-refractivity contribution in [3.05, 3.63) is 0 Å². The van der Waals surface area contributed by atoms with Gasteiger partial charge in [-0.2, -0.15) is 0 Å². The molecule has 0 radical (unpaired) electrons. The van der Waals surface area contributed by atoms with Crippen LogP contribution in [0.3, 0.4) is 0 Å². The Kier molecular flexibility index (Phi) is 17.5. The number of carbonyl (C=O) groups excluding carboxylic acids is 1. The topological polar surface area (TPSA) is 81.7 Å². The third-order valence-corrected chi connectivity index (χ3v) is 3.00. The zero-order valence-electron chi connectivity index (χ0n) is 16.0. The lowest BCUT2D eigenvalue weighted by atomic mass is 10.2. The number of hydrogen-bond donors (Lipinski definition) is 0. The van der Waals surface area contributed by atoms with E-state index in [0.29, 0.717) is 59.5 Å². The minimum Gasteiger partial charge on any atom is -0.463 e. The van der Waals surface area contributed by atoms with Crippen molar-refractivity contribution in [2.24, 2.45) is 5.92 Å². The Labute approximate surface area is 151 Å². The van der Waals surface area contributed by atoms with E-state index in [9.17, 15) is 4.79 Å². The molecule has 150 valence electrons. The van der Waals surface area contributed by atoms with E-state index in [4.69, 9.17) is 33.2 Å². The van der Waals surface area contributed by atoms with Gasteiger partial charge >= 0.3 is 5.97 Å². The van der Waals surface area contributed by atoms with Gasteiger partial charge in [-0.25, -0.2) is 0 Å². The maximum absolute atomic E-state index is 11.6. The predicted molar refractivity (Wildman–Crippen MR) is 91.7 cm³/mol. The molecule has 0 heterocycles. The Bertz CT molecular complexity index is 298. The molecule has 0 saturated heterocycles. The fourth-order valence-corrected chi connectivity index (χ4v) is 1.58. The SMILES string of the molecule is COCCOCCOC[C@H](COC(=O)C(C)C)OCCOCCOC. The van der Waals surface area contributed by atoms with Gasteiger partial charge in [-0.15, -0.1) is 0 Å². The van der Waals surface area contributed by atoms with E-state index < -0.39 is 0 Å². The van der Waals surface area contributed by atoms with E-state index in [1.807, 2.05) is 0 Å². The normalized spacial score (nSPS) is 12.5. The van der Waals surface area contributed by atoms with Crippen LogP contribution in [0.2, 0.25) is 0 Å². The molecule has 0 unspecified atom stereocenters. The van der Waals surface area contributed by atoms with Gasteiger partial charge < -0.3 is 33.2 Å². The molecule has 0 aliphatic rings. The van der Waals surface area contributed by atoms with Crippen LogP contribution in [0.15, 0.2) is 0 Å². The summed E-state index contributed by atoms with van der Waals surface area (Å²) >= 11 is 0. The largest absolute Gasteiger partial charge is 0.463 e. The van der Waals surface area contributed by atoms with Gasteiger partial charge in [0.05, 0.1) is 65.4 Å². The highest BCUT2D eigenvalue weighted by atomic mass is 16.6. The number of rotatable bonds is 18. The third kappa shape index (κ3) is 16.4. The van der Waals surface area contributed by atoms with Gasteiger partial charge in [0.15, 0.2) is 0 Å². The predicted octanol–water partition coefficient (Wildman–Crippen LogP) is 0.913. The molecule has 0 N–H and O–H groups in total. The summed E-state index contributed by atoms with van der Waals surface area (Å²) < 4.78 is 36.8. The second kappa shape index (κ2) is 18.0. The molecule has 0 bridgehead atoms. The fourth-order valence-electron chi connectivity index (χ4n) is 1.58. The number of carbonyl (C=O) groups is 1. The molecule has 0 rings (SSSR count). The van der Waals surface area contributed by atoms with Crippen molar-refractivity contribution in [1.82, 2.24) is 0 Å². The monoisotopic (exact) mass is 366 g/mol. The molecule has 0 aliphatic heterocycles.